The van der Waals surface area contributed by atoms with E-state index in [1.165, 1.54) is 0 Å². The Bertz CT molecular complexity index is 995. The van der Waals surface area contributed by atoms with Gasteiger partial charge in [-0.3, -0.25) is 19.1 Å². The normalized spacial score (nSPS) is 15.8. The average Bonchev–Trinajstić information content (AvgIpc) is 2.78. The fourth-order valence-electron chi connectivity index (χ4n) is 4.30. The Labute approximate surface area is 195 Å². The molecule has 32 heavy (non-hydrogen) atoms. The first-order valence-electron chi connectivity index (χ1n) is 11.8. The van der Waals surface area contributed by atoms with Crippen molar-refractivity contribution in [3.05, 3.63) is 39.4 Å². The summed E-state index contributed by atoms with van der Waals surface area (Å²) in [7, 11) is 0. The number of para-hydroxylation sites is 1. The van der Waals surface area contributed by atoms with Crippen molar-refractivity contribution in [2.45, 2.75) is 58.5 Å². The lowest BCUT2D eigenvalue weighted by atomic mass is 10.0. The fourth-order valence-corrected chi connectivity index (χ4v) is 4.59. The van der Waals surface area contributed by atoms with Crippen LogP contribution in [0.3, 0.4) is 0 Å². The maximum absolute atomic E-state index is 12.7. The first-order valence-corrected chi connectivity index (χ1v) is 12.2. The minimum Gasteiger partial charge on any atom is -0.379 e. The van der Waals surface area contributed by atoms with E-state index in [0.29, 0.717) is 41.6 Å². The zero-order valence-corrected chi connectivity index (χ0v) is 20.1. The average molecular weight is 461 g/mol. The summed E-state index contributed by atoms with van der Waals surface area (Å²) >= 11 is 5.36. The number of rotatable bonds is 11. The number of ether oxygens (including phenoxy) is 1. The second kappa shape index (κ2) is 12.3. The van der Waals surface area contributed by atoms with E-state index in [2.05, 4.69) is 29.0 Å². The van der Waals surface area contributed by atoms with Crippen LogP contribution in [0, 0.1) is 10.7 Å². The molecule has 1 atom stereocenters. The Hall–Kier alpha value is -2.03. The van der Waals surface area contributed by atoms with Gasteiger partial charge in [-0.2, -0.15) is 0 Å². The Balaban J connectivity index is 1.41. The maximum Gasteiger partial charge on any atom is 0.262 e. The number of aromatic amines is 1. The summed E-state index contributed by atoms with van der Waals surface area (Å²) in [6.07, 6.45) is 4.07. The molecular formula is C24H36N4O3S. The Kier molecular flexibility index (Phi) is 9.44. The summed E-state index contributed by atoms with van der Waals surface area (Å²) in [5.74, 6) is 0.692. The molecule has 1 fully saturated rings. The molecule has 1 amide bonds. The van der Waals surface area contributed by atoms with E-state index in [1.54, 1.807) is 4.57 Å². The predicted molar refractivity (Wildman–Crippen MR) is 131 cm³/mol. The molecule has 8 heteroatoms. The molecule has 0 bridgehead atoms. The fraction of sp³-hybridized carbons (Fsp3) is 0.625. The van der Waals surface area contributed by atoms with Gasteiger partial charge < -0.3 is 15.0 Å². The molecule has 1 saturated heterocycles. The molecule has 2 N–H and O–H groups in total. The smallest absolute Gasteiger partial charge is 0.262 e. The van der Waals surface area contributed by atoms with Gasteiger partial charge >= 0.3 is 0 Å². The van der Waals surface area contributed by atoms with Gasteiger partial charge in [-0.15, -0.1) is 0 Å². The van der Waals surface area contributed by atoms with Gasteiger partial charge in [0.05, 0.1) is 24.1 Å². The SMILES string of the molecule is CC(C)CC(CNC(=O)CCCCCn1c(=S)[nH]c2ccccc2c1=O)N1CCOCC1. The van der Waals surface area contributed by atoms with Gasteiger partial charge in [-0.05, 0) is 49.5 Å². The molecule has 1 aliphatic rings. The van der Waals surface area contributed by atoms with Crippen LogP contribution in [-0.4, -0.2) is 59.2 Å². The number of hydrogen-bond acceptors (Lipinski definition) is 5. The van der Waals surface area contributed by atoms with Crippen molar-refractivity contribution in [3.63, 3.8) is 0 Å². The first kappa shape index (κ1) is 24.6. The number of fused-ring (bicyclic) bond motifs is 1. The number of H-pyrrole nitrogens is 1. The number of morpholine rings is 1. The number of nitrogens with one attached hydrogen (secondary N) is 2. The predicted octanol–water partition coefficient (Wildman–Crippen LogP) is 3.48. The molecule has 176 valence electrons. The Morgan fingerprint density at radius 1 is 1.19 bits per heavy atom. The molecule has 0 radical (unpaired) electrons. The lowest BCUT2D eigenvalue weighted by molar-refractivity contribution is -0.121. The number of amides is 1. The third kappa shape index (κ3) is 6.98. The van der Waals surface area contributed by atoms with Crippen LogP contribution in [0.2, 0.25) is 0 Å². The zero-order chi connectivity index (χ0) is 22.9. The minimum atomic E-state index is -0.0543. The van der Waals surface area contributed by atoms with Crippen LogP contribution in [0.15, 0.2) is 29.1 Å². The van der Waals surface area contributed by atoms with Crippen molar-refractivity contribution in [2.24, 2.45) is 5.92 Å². The van der Waals surface area contributed by atoms with Crippen LogP contribution in [0.25, 0.3) is 10.9 Å². The van der Waals surface area contributed by atoms with Crippen molar-refractivity contribution in [1.82, 2.24) is 19.8 Å². The summed E-state index contributed by atoms with van der Waals surface area (Å²) in [6, 6.07) is 7.78. The summed E-state index contributed by atoms with van der Waals surface area (Å²) in [5.41, 5.74) is 0.713. The quantitative estimate of drug-likeness (QED) is 0.396. The van der Waals surface area contributed by atoms with Crippen LogP contribution in [0.5, 0.6) is 0 Å². The van der Waals surface area contributed by atoms with Crippen molar-refractivity contribution >= 4 is 29.0 Å². The number of aromatic nitrogens is 2. The highest BCUT2D eigenvalue weighted by Crippen LogP contribution is 2.13. The third-order valence-electron chi connectivity index (χ3n) is 6.02. The van der Waals surface area contributed by atoms with Crippen molar-refractivity contribution < 1.29 is 9.53 Å². The van der Waals surface area contributed by atoms with Gasteiger partial charge in [-0.1, -0.05) is 32.4 Å². The molecule has 1 aromatic carbocycles. The molecule has 1 aliphatic heterocycles. The van der Waals surface area contributed by atoms with Crippen LogP contribution in [0.4, 0.5) is 0 Å². The van der Waals surface area contributed by atoms with E-state index >= 15 is 0 Å². The molecule has 3 rings (SSSR count). The highest BCUT2D eigenvalue weighted by Gasteiger charge is 2.22. The lowest BCUT2D eigenvalue weighted by Gasteiger charge is -2.35. The first-order chi connectivity index (χ1) is 15.5. The highest BCUT2D eigenvalue weighted by atomic mass is 32.1. The molecule has 0 aliphatic carbocycles. The van der Waals surface area contributed by atoms with Gasteiger partial charge in [-0.25, -0.2) is 0 Å². The molecule has 1 aromatic heterocycles. The van der Waals surface area contributed by atoms with Gasteiger partial charge in [0.15, 0.2) is 4.77 Å². The van der Waals surface area contributed by atoms with Gasteiger partial charge in [0.25, 0.3) is 5.56 Å². The zero-order valence-electron chi connectivity index (χ0n) is 19.3. The monoisotopic (exact) mass is 460 g/mol. The van der Waals surface area contributed by atoms with Crippen molar-refractivity contribution in [3.8, 4) is 0 Å². The van der Waals surface area contributed by atoms with E-state index in [4.69, 9.17) is 17.0 Å². The molecular weight excluding hydrogens is 424 g/mol. The summed E-state index contributed by atoms with van der Waals surface area (Å²) in [4.78, 5) is 30.6. The minimum absolute atomic E-state index is 0.0543. The third-order valence-corrected chi connectivity index (χ3v) is 6.34. The second-order valence-corrected chi connectivity index (χ2v) is 9.37. The highest BCUT2D eigenvalue weighted by molar-refractivity contribution is 7.71. The molecule has 0 spiro atoms. The topological polar surface area (TPSA) is 79.4 Å². The lowest BCUT2D eigenvalue weighted by Crippen LogP contribution is -2.49. The van der Waals surface area contributed by atoms with Crippen molar-refractivity contribution in [2.75, 3.05) is 32.8 Å². The second-order valence-electron chi connectivity index (χ2n) is 8.98. The molecule has 7 nitrogen and oxygen atoms in total. The number of benzene rings is 1. The summed E-state index contributed by atoms with van der Waals surface area (Å²) in [5, 5.41) is 3.78. The van der Waals surface area contributed by atoms with Gasteiger partial charge in [0, 0.05) is 38.6 Å². The van der Waals surface area contributed by atoms with E-state index in [0.717, 1.165) is 57.5 Å². The van der Waals surface area contributed by atoms with Gasteiger partial charge in [0.2, 0.25) is 5.91 Å². The van der Waals surface area contributed by atoms with Crippen LogP contribution < -0.4 is 10.9 Å². The van der Waals surface area contributed by atoms with E-state index in [9.17, 15) is 9.59 Å². The Morgan fingerprint density at radius 2 is 1.94 bits per heavy atom. The van der Waals surface area contributed by atoms with Crippen LogP contribution >= 0.6 is 12.2 Å². The van der Waals surface area contributed by atoms with Crippen LogP contribution in [0.1, 0.15) is 46.0 Å². The van der Waals surface area contributed by atoms with Crippen LogP contribution in [-0.2, 0) is 16.1 Å². The largest absolute Gasteiger partial charge is 0.379 e. The summed E-state index contributed by atoms with van der Waals surface area (Å²) < 4.78 is 7.54. The summed E-state index contributed by atoms with van der Waals surface area (Å²) in [6.45, 7) is 9.11. The number of unbranched alkanes of at least 4 members (excludes halogenated alkanes) is 2. The molecule has 1 unspecified atom stereocenters. The molecule has 0 saturated carbocycles. The number of hydrogen-bond donors (Lipinski definition) is 2. The van der Waals surface area contributed by atoms with E-state index in [-0.39, 0.29) is 11.5 Å². The van der Waals surface area contributed by atoms with E-state index < -0.39 is 0 Å². The standard InChI is InChI=1S/C24H36N4O3S/c1-18(2)16-19(27-12-14-31-15-13-27)17-25-22(29)10-4-3-7-11-28-23(30)20-8-5-6-9-21(20)26-24(28)32/h5-6,8-9,18-19H,3-4,7,10-17H2,1-2H3,(H,25,29)(H,26,32). The maximum atomic E-state index is 12.7. The molecule has 2 aromatic rings. The van der Waals surface area contributed by atoms with E-state index in [1.807, 2.05) is 24.3 Å². The Morgan fingerprint density at radius 3 is 2.69 bits per heavy atom. The van der Waals surface area contributed by atoms with Crippen molar-refractivity contribution in [1.29, 1.82) is 0 Å². The molecule has 2 heterocycles. The number of carbonyl (C=O) groups excluding carboxylic acids is 1. The number of carbonyl (C=O) groups is 1. The van der Waals surface area contributed by atoms with Gasteiger partial charge in [0.1, 0.15) is 0 Å². The number of nitrogens with zero attached hydrogens (tertiary/aromatic N) is 2.